The molecule has 2 bridgehead atoms. The predicted molar refractivity (Wildman–Crippen MR) is 114 cm³/mol. The number of aryl methyl sites for hydroxylation is 2. The van der Waals surface area contributed by atoms with Gasteiger partial charge in [-0.1, -0.05) is 6.07 Å². The lowest BCUT2D eigenvalue weighted by molar-refractivity contribution is -0.123. The molecule has 0 unspecified atom stereocenters. The van der Waals surface area contributed by atoms with Crippen molar-refractivity contribution in [1.82, 2.24) is 30.4 Å². The second-order valence-electron chi connectivity index (χ2n) is 8.81. The molecule has 0 radical (unpaired) electrons. The van der Waals surface area contributed by atoms with E-state index in [0.29, 0.717) is 24.8 Å². The average Bonchev–Trinajstić information content (AvgIpc) is 3.53. The molecule has 32 heavy (non-hydrogen) atoms. The van der Waals surface area contributed by atoms with Crippen LogP contribution in [-0.4, -0.2) is 73.9 Å². The van der Waals surface area contributed by atoms with Crippen molar-refractivity contribution >= 4 is 12.4 Å². The van der Waals surface area contributed by atoms with Gasteiger partial charge in [0.05, 0.1) is 18.2 Å². The molecule has 0 aromatic carbocycles. The van der Waals surface area contributed by atoms with Gasteiger partial charge in [0.2, 0.25) is 5.91 Å². The van der Waals surface area contributed by atoms with Gasteiger partial charge in [-0.2, -0.15) is 5.10 Å². The lowest BCUT2D eigenvalue weighted by atomic mass is 9.73. The Labute approximate surface area is 186 Å². The largest absolute Gasteiger partial charge is 0.483 e. The number of H-pyrrole nitrogens is 1. The molecule has 4 atom stereocenters. The van der Waals surface area contributed by atoms with E-state index in [1.165, 1.54) is 0 Å². The Morgan fingerprint density at radius 2 is 2.34 bits per heavy atom. The highest BCUT2D eigenvalue weighted by Gasteiger charge is 2.62. The van der Waals surface area contributed by atoms with Crippen LogP contribution in [-0.2, 0) is 27.3 Å². The SMILES string of the molecule is Cc1nc(CN2C[C@@H]3[C@H](CNC(=O)CCc4cccnc4)[C@H]4CC[C@]3(C2)O4)n[nH]1.O=CO. The van der Waals surface area contributed by atoms with Crippen LogP contribution < -0.4 is 5.32 Å². The molecule has 5 rings (SSSR count). The molecule has 3 aliphatic heterocycles. The number of hydrogen-bond donors (Lipinski definition) is 3. The molecule has 3 fully saturated rings. The standard InChI is InChI=1S/C21H28N6O2.CH2O2/c1-14-24-19(26-25-14)12-27-11-17-16(18-6-7-21(17,13-27)29-18)10-23-20(28)5-4-15-3-2-8-22-9-15;2-1-3/h2-3,8-9,16-18H,4-7,10-13H2,1H3,(H,23,28)(H,24,25,26);1H,(H,2,3)/t16-,17+,18+,21+;/m0./s1. The number of amides is 1. The summed E-state index contributed by atoms with van der Waals surface area (Å²) >= 11 is 0. The van der Waals surface area contributed by atoms with Gasteiger partial charge in [-0.25, -0.2) is 4.98 Å². The third kappa shape index (κ3) is 4.81. The van der Waals surface area contributed by atoms with Crippen molar-refractivity contribution in [2.24, 2.45) is 11.8 Å². The first-order valence-corrected chi connectivity index (χ1v) is 11.0. The van der Waals surface area contributed by atoms with Crippen LogP contribution in [0.4, 0.5) is 0 Å². The highest BCUT2D eigenvalue weighted by atomic mass is 16.5. The normalized spacial score (nSPS) is 28.1. The summed E-state index contributed by atoms with van der Waals surface area (Å²) in [4.78, 5) is 31.7. The molecule has 2 aromatic heterocycles. The maximum absolute atomic E-state index is 12.4. The highest BCUT2D eigenvalue weighted by Crippen LogP contribution is 2.54. The molecule has 10 nitrogen and oxygen atoms in total. The number of carbonyl (C=O) groups is 2. The lowest BCUT2D eigenvalue weighted by Crippen LogP contribution is -2.41. The fraction of sp³-hybridized carbons (Fsp3) is 0.591. The molecule has 3 saturated heterocycles. The van der Waals surface area contributed by atoms with Gasteiger partial charge in [-0.15, -0.1) is 0 Å². The number of nitrogens with zero attached hydrogens (tertiary/aromatic N) is 4. The van der Waals surface area contributed by atoms with E-state index >= 15 is 0 Å². The van der Waals surface area contributed by atoms with Crippen LogP contribution in [0.5, 0.6) is 0 Å². The average molecular weight is 443 g/mol. The van der Waals surface area contributed by atoms with E-state index in [1.54, 1.807) is 6.20 Å². The van der Waals surface area contributed by atoms with Gasteiger partial charge in [0.25, 0.3) is 6.47 Å². The van der Waals surface area contributed by atoms with Crippen molar-refractivity contribution < 1.29 is 19.4 Å². The van der Waals surface area contributed by atoms with Gasteiger partial charge in [-0.05, 0) is 37.8 Å². The van der Waals surface area contributed by atoms with Gasteiger partial charge < -0.3 is 15.2 Å². The number of rotatable bonds is 7. The summed E-state index contributed by atoms with van der Waals surface area (Å²) in [6.07, 6.45) is 7.30. The Bertz CT molecular complexity index is 922. The Morgan fingerprint density at radius 3 is 3.06 bits per heavy atom. The molecule has 0 aliphatic carbocycles. The second kappa shape index (κ2) is 9.74. The van der Waals surface area contributed by atoms with E-state index in [0.717, 1.165) is 56.1 Å². The van der Waals surface area contributed by atoms with Crippen LogP contribution in [0.1, 0.15) is 36.5 Å². The summed E-state index contributed by atoms with van der Waals surface area (Å²) in [5.74, 6) is 2.66. The Kier molecular flexibility index (Phi) is 6.80. The number of nitrogens with one attached hydrogen (secondary N) is 2. The van der Waals surface area contributed by atoms with Crippen molar-refractivity contribution in [3.05, 3.63) is 41.7 Å². The van der Waals surface area contributed by atoms with Gasteiger partial charge >= 0.3 is 0 Å². The molecule has 1 spiro atoms. The van der Waals surface area contributed by atoms with Crippen LogP contribution >= 0.6 is 0 Å². The zero-order valence-electron chi connectivity index (χ0n) is 18.2. The first-order valence-electron chi connectivity index (χ1n) is 11.0. The second-order valence-corrected chi connectivity index (χ2v) is 8.81. The van der Waals surface area contributed by atoms with Crippen LogP contribution in [0, 0.1) is 18.8 Å². The number of aromatic nitrogens is 4. The predicted octanol–water partition coefficient (Wildman–Crippen LogP) is 0.937. The van der Waals surface area contributed by atoms with Gasteiger partial charge in [0, 0.05) is 50.3 Å². The van der Waals surface area contributed by atoms with Gasteiger partial charge in [-0.3, -0.25) is 24.6 Å². The van der Waals surface area contributed by atoms with Crippen molar-refractivity contribution in [3.8, 4) is 0 Å². The third-order valence-corrected chi connectivity index (χ3v) is 6.76. The highest BCUT2D eigenvalue weighted by molar-refractivity contribution is 5.76. The van der Waals surface area contributed by atoms with Crippen molar-refractivity contribution in [3.63, 3.8) is 0 Å². The topological polar surface area (TPSA) is 133 Å². The zero-order chi connectivity index (χ0) is 22.6. The zero-order valence-corrected chi connectivity index (χ0v) is 18.2. The fourth-order valence-corrected chi connectivity index (χ4v) is 5.46. The molecular formula is C22H30N6O4. The smallest absolute Gasteiger partial charge is 0.290 e. The van der Waals surface area contributed by atoms with E-state index < -0.39 is 0 Å². The molecule has 1 amide bonds. The third-order valence-electron chi connectivity index (χ3n) is 6.76. The molecule has 3 aliphatic rings. The van der Waals surface area contributed by atoms with Crippen LogP contribution in [0.2, 0.25) is 0 Å². The number of aromatic amines is 1. The minimum absolute atomic E-state index is 0.0406. The molecule has 3 N–H and O–H groups in total. The summed E-state index contributed by atoms with van der Waals surface area (Å²) in [7, 11) is 0. The minimum atomic E-state index is -0.250. The summed E-state index contributed by atoms with van der Waals surface area (Å²) < 4.78 is 6.48. The number of pyridine rings is 1. The maximum atomic E-state index is 12.4. The molecule has 2 aromatic rings. The number of ether oxygens (including phenoxy) is 1. The molecule has 0 saturated carbocycles. The van der Waals surface area contributed by atoms with Crippen LogP contribution in [0.3, 0.4) is 0 Å². The van der Waals surface area contributed by atoms with Gasteiger partial charge in [0.1, 0.15) is 5.82 Å². The van der Waals surface area contributed by atoms with E-state index in [4.69, 9.17) is 14.6 Å². The summed E-state index contributed by atoms with van der Waals surface area (Å²) in [6.45, 7) is 5.05. The van der Waals surface area contributed by atoms with Crippen molar-refractivity contribution in [1.29, 1.82) is 0 Å². The maximum Gasteiger partial charge on any atom is 0.290 e. The van der Waals surface area contributed by atoms with Gasteiger partial charge in [0.15, 0.2) is 5.82 Å². The Balaban J connectivity index is 0.000000775. The number of carboxylic acid groups (broad SMARTS) is 1. The number of fused-ring (bicyclic) bond motifs is 1. The number of likely N-dealkylation sites (tertiary alicyclic amines) is 1. The van der Waals surface area contributed by atoms with Crippen molar-refractivity contribution in [2.75, 3.05) is 19.6 Å². The summed E-state index contributed by atoms with van der Waals surface area (Å²) in [6, 6.07) is 3.92. The van der Waals surface area contributed by atoms with E-state index in [2.05, 4.69) is 30.4 Å². The first-order chi connectivity index (χ1) is 15.5. The molecular weight excluding hydrogens is 412 g/mol. The quantitative estimate of drug-likeness (QED) is 0.540. The minimum Gasteiger partial charge on any atom is -0.483 e. The molecule has 5 heterocycles. The van der Waals surface area contributed by atoms with E-state index in [-0.39, 0.29) is 24.1 Å². The number of hydrogen-bond acceptors (Lipinski definition) is 7. The van der Waals surface area contributed by atoms with Crippen molar-refractivity contribution in [2.45, 2.75) is 50.9 Å². The van der Waals surface area contributed by atoms with E-state index in [9.17, 15) is 4.79 Å². The van der Waals surface area contributed by atoms with E-state index in [1.807, 2.05) is 25.3 Å². The summed E-state index contributed by atoms with van der Waals surface area (Å²) in [5.41, 5.74) is 1.06. The van der Waals surface area contributed by atoms with Crippen LogP contribution in [0.15, 0.2) is 24.5 Å². The van der Waals surface area contributed by atoms with Crippen LogP contribution in [0.25, 0.3) is 0 Å². The molecule has 172 valence electrons. The lowest BCUT2D eigenvalue weighted by Gasteiger charge is -2.29. The fourth-order valence-electron chi connectivity index (χ4n) is 5.46. The monoisotopic (exact) mass is 442 g/mol. The Hall–Kier alpha value is -2.85. The molecule has 10 heteroatoms. The number of carbonyl (C=O) groups excluding carboxylic acids is 1. The first kappa shape index (κ1) is 22.3. The summed E-state index contributed by atoms with van der Waals surface area (Å²) in [5, 5.41) is 17.3. The Morgan fingerprint density at radius 1 is 1.50 bits per heavy atom.